The largest absolute Gasteiger partial charge is 0.314 e. The highest BCUT2D eigenvalue weighted by Gasteiger charge is 2.25. The second-order valence-electron chi connectivity index (χ2n) is 5.31. The Balaban J connectivity index is 1.35. The molecule has 2 heterocycles. The van der Waals surface area contributed by atoms with E-state index in [0.717, 1.165) is 18.4 Å². The lowest BCUT2D eigenvalue weighted by atomic mass is 10.1. The van der Waals surface area contributed by atoms with Crippen LogP contribution in [0, 0.1) is 5.92 Å². The first kappa shape index (κ1) is 11.6. The quantitative estimate of drug-likeness (QED) is 0.835. The highest BCUT2D eigenvalue weighted by molar-refractivity contribution is 7.09. The number of nitrogens with one attached hydrogen (secondary N) is 1. The lowest BCUT2D eigenvalue weighted by molar-refractivity contribution is 0.325. The van der Waals surface area contributed by atoms with Crippen LogP contribution in [-0.2, 0) is 6.42 Å². The van der Waals surface area contributed by atoms with E-state index in [-0.39, 0.29) is 0 Å². The molecule has 1 aromatic heterocycles. The fraction of sp³-hybridized carbons (Fsp3) is 0.769. The van der Waals surface area contributed by atoms with Gasteiger partial charge in [0.1, 0.15) is 0 Å². The van der Waals surface area contributed by atoms with Crippen LogP contribution in [0.5, 0.6) is 0 Å². The van der Waals surface area contributed by atoms with Gasteiger partial charge in [-0.2, -0.15) is 0 Å². The summed E-state index contributed by atoms with van der Waals surface area (Å²) in [4.78, 5) is 6.94. The van der Waals surface area contributed by atoms with Gasteiger partial charge in [0.2, 0.25) is 0 Å². The van der Waals surface area contributed by atoms with Crippen molar-refractivity contribution >= 4 is 11.3 Å². The van der Waals surface area contributed by atoms with Crippen LogP contribution in [0.2, 0.25) is 0 Å². The monoisotopic (exact) mass is 251 g/mol. The SMILES string of the molecule is c1csc(CCN2CCC(CNC3CC3)C2)n1. The molecule has 2 fully saturated rings. The van der Waals surface area contributed by atoms with Crippen LogP contribution in [-0.4, -0.2) is 42.1 Å². The highest BCUT2D eigenvalue weighted by atomic mass is 32.1. The molecule has 1 saturated heterocycles. The van der Waals surface area contributed by atoms with Crippen LogP contribution in [0.1, 0.15) is 24.3 Å². The highest BCUT2D eigenvalue weighted by Crippen LogP contribution is 2.21. The van der Waals surface area contributed by atoms with Gasteiger partial charge < -0.3 is 10.2 Å². The molecular weight excluding hydrogens is 230 g/mol. The van der Waals surface area contributed by atoms with Gasteiger partial charge in [-0.3, -0.25) is 0 Å². The number of hydrogen-bond donors (Lipinski definition) is 1. The van der Waals surface area contributed by atoms with E-state index in [4.69, 9.17) is 0 Å². The zero-order chi connectivity index (χ0) is 11.5. The maximum atomic E-state index is 4.34. The van der Waals surface area contributed by atoms with Crippen LogP contribution in [0.25, 0.3) is 0 Å². The predicted octanol–water partition coefficient (Wildman–Crippen LogP) is 1.76. The molecule has 0 radical (unpaired) electrons. The number of hydrogen-bond acceptors (Lipinski definition) is 4. The standard InChI is InChI=1S/C13H21N3S/c1-2-12(1)15-9-11-3-6-16(10-11)7-4-13-14-5-8-17-13/h5,8,11-12,15H,1-4,6-7,9-10H2. The summed E-state index contributed by atoms with van der Waals surface area (Å²) in [6.07, 6.45) is 7.21. The van der Waals surface area contributed by atoms with Gasteiger partial charge >= 0.3 is 0 Å². The van der Waals surface area contributed by atoms with E-state index in [1.165, 1.54) is 50.4 Å². The molecule has 1 saturated carbocycles. The summed E-state index contributed by atoms with van der Waals surface area (Å²) in [6.45, 7) is 4.99. The number of rotatable bonds is 6. The van der Waals surface area contributed by atoms with Gasteiger partial charge in [-0.05, 0) is 38.3 Å². The molecule has 0 amide bonds. The van der Waals surface area contributed by atoms with Crippen molar-refractivity contribution in [2.24, 2.45) is 5.92 Å². The smallest absolute Gasteiger partial charge is 0.0937 e. The fourth-order valence-electron chi connectivity index (χ4n) is 2.53. The Labute approximate surface area is 107 Å². The molecule has 1 aliphatic carbocycles. The normalized spacial score (nSPS) is 25.5. The molecule has 1 atom stereocenters. The van der Waals surface area contributed by atoms with Crippen LogP contribution < -0.4 is 5.32 Å². The Bertz CT molecular complexity index is 334. The minimum Gasteiger partial charge on any atom is -0.314 e. The van der Waals surface area contributed by atoms with Crippen molar-refractivity contribution in [1.29, 1.82) is 0 Å². The van der Waals surface area contributed by atoms with Crippen LogP contribution in [0.4, 0.5) is 0 Å². The fourth-order valence-corrected chi connectivity index (χ4v) is 3.14. The number of thiazole rings is 1. The summed E-state index contributed by atoms with van der Waals surface area (Å²) in [5, 5.41) is 7.00. The molecule has 1 aromatic rings. The Hall–Kier alpha value is -0.450. The summed E-state index contributed by atoms with van der Waals surface area (Å²) < 4.78 is 0. The third-order valence-corrected chi connectivity index (χ3v) is 4.61. The molecule has 17 heavy (non-hydrogen) atoms. The third kappa shape index (κ3) is 3.50. The van der Waals surface area contributed by atoms with Crippen molar-refractivity contribution in [3.8, 4) is 0 Å². The molecule has 1 unspecified atom stereocenters. The van der Waals surface area contributed by atoms with Crippen molar-refractivity contribution in [2.75, 3.05) is 26.2 Å². The Morgan fingerprint density at radius 1 is 1.41 bits per heavy atom. The van der Waals surface area contributed by atoms with E-state index >= 15 is 0 Å². The molecule has 4 heteroatoms. The topological polar surface area (TPSA) is 28.2 Å². The lowest BCUT2D eigenvalue weighted by Crippen LogP contribution is -2.28. The molecule has 1 N–H and O–H groups in total. The van der Waals surface area contributed by atoms with Crippen molar-refractivity contribution in [3.63, 3.8) is 0 Å². The van der Waals surface area contributed by atoms with E-state index in [1.807, 2.05) is 6.20 Å². The lowest BCUT2D eigenvalue weighted by Gasteiger charge is -2.15. The maximum absolute atomic E-state index is 4.34. The summed E-state index contributed by atoms with van der Waals surface area (Å²) in [7, 11) is 0. The van der Waals surface area contributed by atoms with Gasteiger partial charge in [0, 0.05) is 37.1 Å². The summed E-state index contributed by atoms with van der Waals surface area (Å²) in [5.74, 6) is 0.881. The second kappa shape index (κ2) is 5.46. The first-order valence-electron chi connectivity index (χ1n) is 6.74. The second-order valence-corrected chi connectivity index (χ2v) is 6.29. The number of aromatic nitrogens is 1. The van der Waals surface area contributed by atoms with Gasteiger partial charge in [-0.25, -0.2) is 4.98 Å². The number of likely N-dealkylation sites (tertiary alicyclic amines) is 1. The van der Waals surface area contributed by atoms with Gasteiger partial charge in [0.15, 0.2) is 0 Å². The van der Waals surface area contributed by atoms with E-state index in [9.17, 15) is 0 Å². The zero-order valence-electron chi connectivity index (χ0n) is 10.3. The summed E-state index contributed by atoms with van der Waals surface area (Å²) in [5.41, 5.74) is 0. The molecule has 3 rings (SSSR count). The maximum Gasteiger partial charge on any atom is 0.0937 e. The van der Waals surface area contributed by atoms with E-state index in [0.29, 0.717) is 0 Å². The van der Waals surface area contributed by atoms with E-state index < -0.39 is 0 Å². The summed E-state index contributed by atoms with van der Waals surface area (Å²) in [6, 6.07) is 0.861. The van der Waals surface area contributed by atoms with Crippen LogP contribution >= 0.6 is 11.3 Å². The van der Waals surface area contributed by atoms with E-state index in [2.05, 4.69) is 20.6 Å². The van der Waals surface area contributed by atoms with Crippen LogP contribution in [0.3, 0.4) is 0 Å². The first-order chi connectivity index (χ1) is 8.40. The third-order valence-electron chi connectivity index (χ3n) is 3.77. The average Bonchev–Trinajstić information content (AvgIpc) is 2.86. The minimum atomic E-state index is 0.861. The van der Waals surface area contributed by atoms with Crippen molar-refractivity contribution in [1.82, 2.24) is 15.2 Å². The summed E-state index contributed by atoms with van der Waals surface area (Å²) >= 11 is 1.78. The molecule has 2 aliphatic rings. The van der Waals surface area contributed by atoms with Gasteiger partial charge in [0.05, 0.1) is 5.01 Å². The van der Waals surface area contributed by atoms with E-state index in [1.54, 1.807) is 11.3 Å². The zero-order valence-corrected chi connectivity index (χ0v) is 11.1. The van der Waals surface area contributed by atoms with Crippen molar-refractivity contribution in [2.45, 2.75) is 31.7 Å². The van der Waals surface area contributed by atoms with Gasteiger partial charge in [-0.1, -0.05) is 0 Å². The number of nitrogens with zero attached hydrogens (tertiary/aromatic N) is 2. The molecule has 1 aliphatic heterocycles. The van der Waals surface area contributed by atoms with Crippen molar-refractivity contribution < 1.29 is 0 Å². The van der Waals surface area contributed by atoms with Gasteiger partial charge in [-0.15, -0.1) is 11.3 Å². The molecule has 94 valence electrons. The van der Waals surface area contributed by atoms with Gasteiger partial charge in [0.25, 0.3) is 0 Å². The molecule has 3 nitrogen and oxygen atoms in total. The Morgan fingerprint density at radius 2 is 2.35 bits per heavy atom. The molecular formula is C13H21N3S. The molecule has 0 bridgehead atoms. The van der Waals surface area contributed by atoms with Crippen LogP contribution in [0.15, 0.2) is 11.6 Å². The predicted molar refractivity (Wildman–Crippen MR) is 71.4 cm³/mol. The first-order valence-corrected chi connectivity index (χ1v) is 7.62. The van der Waals surface area contributed by atoms with Crippen molar-refractivity contribution in [3.05, 3.63) is 16.6 Å². The average molecular weight is 251 g/mol. The Morgan fingerprint density at radius 3 is 3.12 bits per heavy atom. The molecule has 0 spiro atoms. The Kier molecular flexibility index (Phi) is 3.74. The minimum absolute atomic E-state index is 0.861. The molecule has 0 aromatic carbocycles.